The Balaban J connectivity index is 1.66. The molecular weight excluding hydrogens is 394 g/mol. The van der Waals surface area contributed by atoms with Gasteiger partial charge in [-0.1, -0.05) is 15.9 Å². The summed E-state index contributed by atoms with van der Waals surface area (Å²) in [4.78, 5) is 25.1. The summed E-state index contributed by atoms with van der Waals surface area (Å²) >= 11 is 3.45. The van der Waals surface area contributed by atoms with Gasteiger partial charge in [0.25, 0.3) is 0 Å². The van der Waals surface area contributed by atoms with Crippen LogP contribution in [0.5, 0.6) is 0 Å². The van der Waals surface area contributed by atoms with Crippen LogP contribution in [-0.4, -0.2) is 27.4 Å². The van der Waals surface area contributed by atoms with E-state index >= 15 is 0 Å². The van der Waals surface area contributed by atoms with E-state index in [1.54, 1.807) is 12.4 Å². The van der Waals surface area contributed by atoms with E-state index in [0.717, 1.165) is 27.0 Å². The molecule has 132 valence electrons. The van der Waals surface area contributed by atoms with E-state index in [4.69, 9.17) is 0 Å². The molecule has 0 bridgehead atoms. The van der Waals surface area contributed by atoms with E-state index in [1.807, 2.05) is 50.2 Å². The third-order valence-corrected chi connectivity index (χ3v) is 4.55. The minimum atomic E-state index is -0.145. The van der Waals surface area contributed by atoms with Crippen molar-refractivity contribution in [2.24, 2.45) is 0 Å². The number of hydrogen-bond donors (Lipinski definition) is 2. The molecule has 3 rings (SSSR count). The van der Waals surface area contributed by atoms with Crippen LogP contribution in [0.4, 0.5) is 11.5 Å². The van der Waals surface area contributed by atoms with Crippen LogP contribution in [0.15, 0.2) is 53.3 Å². The maximum atomic E-state index is 12.2. The first-order chi connectivity index (χ1) is 12.5. The number of carbonyl (C=O) groups excluding carboxylic acids is 1. The topological polar surface area (TPSA) is 79.8 Å². The molecular formula is C19H18BrN5O. The molecule has 2 aromatic heterocycles. The Morgan fingerprint density at radius 3 is 2.58 bits per heavy atom. The Morgan fingerprint density at radius 2 is 1.85 bits per heavy atom. The summed E-state index contributed by atoms with van der Waals surface area (Å²) < 4.78 is 1.01. The van der Waals surface area contributed by atoms with E-state index in [9.17, 15) is 4.79 Å². The van der Waals surface area contributed by atoms with Gasteiger partial charge in [0.2, 0.25) is 5.91 Å². The largest absolute Gasteiger partial charge is 0.361 e. The number of carbonyl (C=O) groups is 1. The van der Waals surface area contributed by atoms with Gasteiger partial charge in [-0.05, 0) is 49.7 Å². The molecule has 1 amide bonds. The second-order valence-corrected chi connectivity index (χ2v) is 6.67. The maximum absolute atomic E-state index is 12.2. The molecule has 2 N–H and O–H groups in total. The number of anilines is 2. The van der Waals surface area contributed by atoms with Gasteiger partial charge in [-0.25, -0.2) is 9.97 Å². The highest BCUT2D eigenvalue weighted by Crippen LogP contribution is 2.20. The Bertz CT molecular complexity index is 930. The molecule has 3 aromatic rings. The molecule has 0 radical (unpaired) electrons. The average molecular weight is 412 g/mol. The number of hydrogen-bond acceptors (Lipinski definition) is 5. The van der Waals surface area contributed by atoms with Crippen LogP contribution in [0.1, 0.15) is 11.3 Å². The van der Waals surface area contributed by atoms with Crippen molar-refractivity contribution in [1.82, 2.24) is 15.0 Å². The second kappa shape index (κ2) is 8.05. The van der Waals surface area contributed by atoms with E-state index in [-0.39, 0.29) is 12.5 Å². The van der Waals surface area contributed by atoms with Gasteiger partial charge in [-0.15, -0.1) is 0 Å². The van der Waals surface area contributed by atoms with Crippen LogP contribution in [0, 0.1) is 13.8 Å². The molecule has 2 heterocycles. The molecule has 7 heteroatoms. The summed E-state index contributed by atoms with van der Waals surface area (Å²) in [6.07, 6.45) is 3.39. The number of rotatable bonds is 5. The summed E-state index contributed by atoms with van der Waals surface area (Å²) in [7, 11) is 0. The zero-order chi connectivity index (χ0) is 18.5. The minimum absolute atomic E-state index is 0.112. The van der Waals surface area contributed by atoms with Crippen molar-refractivity contribution in [3.8, 4) is 11.4 Å². The number of aryl methyl sites for hydroxylation is 2. The first-order valence-corrected chi connectivity index (χ1v) is 8.86. The van der Waals surface area contributed by atoms with Crippen molar-refractivity contribution in [3.63, 3.8) is 0 Å². The first kappa shape index (κ1) is 18.0. The lowest BCUT2D eigenvalue weighted by atomic mass is 10.2. The standard InChI is InChI=1S/C19H18BrN5O/c1-12-9-15(3-4-16(12)20)24-18(26)11-22-17-10-13(2)23-19(25-17)14-5-7-21-8-6-14/h3-10H,11H2,1-2H3,(H,24,26)(H,22,23,25). The lowest BCUT2D eigenvalue weighted by Crippen LogP contribution is -2.22. The van der Waals surface area contributed by atoms with Crippen molar-refractivity contribution >= 4 is 33.3 Å². The molecule has 26 heavy (non-hydrogen) atoms. The Kier molecular flexibility index (Phi) is 5.58. The Labute approximate surface area is 160 Å². The highest BCUT2D eigenvalue weighted by molar-refractivity contribution is 9.10. The number of nitrogens with one attached hydrogen (secondary N) is 2. The van der Waals surface area contributed by atoms with Gasteiger partial charge in [-0.3, -0.25) is 9.78 Å². The summed E-state index contributed by atoms with van der Waals surface area (Å²) in [5.74, 6) is 1.05. The highest BCUT2D eigenvalue weighted by atomic mass is 79.9. The number of nitrogens with zero attached hydrogens (tertiary/aromatic N) is 3. The van der Waals surface area contributed by atoms with Gasteiger partial charge in [0.05, 0.1) is 6.54 Å². The molecule has 6 nitrogen and oxygen atoms in total. The van der Waals surface area contributed by atoms with E-state index in [2.05, 4.69) is 41.5 Å². The summed E-state index contributed by atoms with van der Waals surface area (Å²) in [6.45, 7) is 3.98. The number of amides is 1. The normalized spacial score (nSPS) is 10.4. The molecule has 0 saturated heterocycles. The number of pyridine rings is 1. The molecule has 0 saturated carbocycles. The quantitative estimate of drug-likeness (QED) is 0.663. The number of benzene rings is 1. The van der Waals surface area contributed by atoms with Crippen molar-refractivity contribution in [2.75, 3.05) is 17.2 Å². The monoisotopic (exact) mass is 411 g/mol. The van der Waals surface area contributed by atoms with Crippen molar-refractivity contribution in [2.45, 2.75) is 13.8 Å². The van der Waals surface area contributed by atoms with Crippen LogP contribution in [0.25, 0.3) is 11.4 Å². The molecule has 0 unspecified atom stereocenters. The molecule has 0 aliphatic heterocycles. The van der Waals surface area contributed by atoms with Gasteiger partial charge in [0, 0.05) is 39.9 Å². The molecule has 1 aromatic carbocycles. The second-order valence-electron chi connectivity index (χ2n) is 5.82. The van der Waals surface area contributed by atoms with Crippen molar-refractivity contribution in [3.05, 3.63) is 64.5 Å². The third-order valence-electron chi connectivity index (χ3n) is 3.66. The number of halogens is 1. The maximum Gasteiger partial charge on any atom is 0.243 e. The van der Waals surface area contributed by atoms with Crippen molar-refractivity contribution in [1.29, 1.82) is 0 Å². The summed E-state index contributed by atoms with van der Waals surface area (Å²) in [6, 6.07) is 11.2. The van der Waals surface area contributed by atoms with Gasteiger partial charge in [-0.2, -0.15) is 0 Å². The lowest BCUT2D eigenvalue weighted by Gasteiger charge is -2.10. The van der Waals surface area contributed by atoms with Gasteiger partial charge in [0.15, 0.2) is 5.82 Å². The first-order valence-electron chi connectivity index (χ1n) is 8.07. The predicted octanol–water partition coefficient (Wildman–Crippen LogP) is 3.97. The van der Waals surface area contributed by atoms with E-state index in [1.165, 1.54) is 0 Å². The van der Waals surface area contributed by atoms with Gasteiger partial charge in [0.1, 0.15) is 5.82 Å². The SMILES string of the molecule is Cc1cc(NCC(=O)Nc2ccc(Br)c(C)c2)nc(-c2ccncc2)n1. The molecule has 0 spiro atoms. The van der Waals surface area contributed by atoms with Crippen LogP contribution >= 0.6 is 15.9 Å². The summed E-state index contributed by atoms with van der Waals surface area (Å²) in [5.41, 5.74) is 3.51. The fraction of sp³-hybridized carbons (Fsp3) is 0.158. The lowest BCUT2D eigenvalue weighted by molar-refractivity contribution is -0.114. The zero-order valence-electron chi connectivity index (χ0n) is 14.5. The van der Waals surface area contributed by atoms with E-state index < -0.39 is 0 Å². The Morgan fingerprint density at radius 1 is 1.08 bits per heavy atom. The molecule has 0 fully saturated rings. The van der Waals surface area contributed by atoms with Crippen molar-refractivity contribution < 1.29 is 4.79 Å². The number of aromatic nitrogens is 3. The molecule has 0 aliphatic rings. The van der Waals surface area contributed by atoms with Gasteiger partial charge >= 0.3 is 0 Å². The highest BCUT2D eigenvalue weighted by Gasteiger charge is 2.07. The fourth-order valence-corrected chi connectivity index (χ4v) is 2.63. The smallest absolute Gasteiger partial charge is 0.243 e. The van der Waals surface area contributed by atoms with Crippen LogP contribution < -0.4 is 10.6 Å². The Hall–Kier alpha value is -2.80. The summed E-state index contributed by atoms with van der Waals surface area (Å²) in [5, 5.41) is 5.92. The van der Waals surface area contributed by atoms with Crippen LogP contribution in [0.3, 0.4) is 0 Å². The van der Waals surface area contributed by atoms with Crippen LogP contribution in [0.2, 0.25) is 0 Å². The third kappa shape index (κ3) is 4.64. The fourth-order valence-electron chi connectivity index (χ4n) is 2.39. The average Bonchev–Trinajstić information content (AvgIpc) is 2.63. The molecule has 0 aliphatic carbocycles. The minimum Gasteiger partial charge on any atom is -0.361 e. The van der Waals surface area contributed by atoms with Gasteiger partial charge < -0.3 is 10.6 Å². The van der Waals surface area contributed by atoms with E-state index in [0.29, 0.717) is 11.6 Å². The van der Waals surface area contributed by atoms with Crippen LogP contribution in [-0.2, 0) is 4.79 Å². The molecule has 0 atom stereocenters. The predicted molar refractivity (Wildman–Crippen MR) is 106 cm³/mol. The zero-order valence-corrected chi connectivity index (χ0v) is 16.0.